The Morgan fingerprint density at radius 1 is 0.286 bits per heavy atom. The first-order valence-corrected chi connectivity index (χ1v) is 42.2. The third kappa shape index (κ3) is 70.9. The van der Waals surface area contributed by atoms with Crippen molar-refractivity contribution >= 4 is 39.5 Å². The first-order chi connectivity index (χ1) is 47.7. The van der Waals surface area contributed by atoms with Gasteiger partial charge in [-0.05, 0) is 141 Å². The van der Waals surface area contributed by atoms with Gasteiger partial charge in [-0.2, -0.15) is 0 Å². The minimum atomic E-state index is -4.98. The van der Waals surface area contributed by atoms with Gasteiger partial charge in [-0.3, -0.25) is 37.3 Å². The van der Waals surface area contributed by atoms with Gasteiger partial charge in [-0.1, -0.05) is 255 Å². The summed E-state index contributed by atoms with van der Waals surface area (Å²) in [7, 11) is -9.95. The van der Waals surface area contributed by atoms with Crippen LogP contribution in [0.15, 0.2) is 72.9 Å². The Labute approximate surface area is 596 Å². The Hall–Kier alpha value is -3.50. The molecule has 0 radical (unpaired) electrons. The lowest BCUT2D eigenvalue weighted by atomic mass is 10.1. The van der Waals surface area contributed by atoms with Crippen LogP contribution in [0.5, 0.6) is 0 Å². The average Bonchev–Trinajstić information content (AvgIpc) is 0.959. The summed E-state index contributed by atoms with van der Waals surface area (Å²) in [6, 6.07) is 0. The number of phosphoric ester groups is 2. The van der Waals surface area contributed by atoms with Crippen LogP contribution in [0.1, 0.15) is 349 Å². The van der Waals surface area contributed by atoms with E-state index < -0.39 is 97.5 Å². The van der Waals surface area contributed by atoms with Crippen LogP contribution < -0.4 is 0 Å². The van der Waals surface area contributed by atoms with Gasteiger partial charge >= 0.3 is 39.5 Å². The van der Waals surface area contributed by atoms with Crippen LogP contribution in [0.3, 0.4) is 0 Å². The normalized spacial score (nSPS) is 14.3. The van der Waals surface area contributed by atoms with Gasteiger partial charge in [0.2, 0.25) is 0 Å². The molecule has 0 amide bonds. The largest absolute Gasteiger partial charge is 0.472 e. The monoisotopic (exact) mass is 1420 g/mol. The molecule has 0 heterocycles. The predicted molar refractivity (Wildman–Crippen MR) is 400 cm³/mol. The minimum absolute atomic E-state index is 0.0839. The van der Waals surface area contributed by atoms with E-state index in [1.54, 1.807) is 0 Å². The van der Waals surface area contributed by atoms with E-state index in [2.05, 4.69) is 101 Å². The number of aliphatic hydroxyl groups excluding tert-OH is 1. The van der Waals surface area contributed by atoms with Crippen molar-refractivity contribution in [1.29, 1.82) is 0 Å². The van der Waals surface area contributed by atoms with E-state index in [-0.39, 0.29) is 25.7 Å². The Balaban J connectivity index is 5.36. The molecule has 5 atom stereocenters. The summed E-state index contributed by atoms with van der Waals surface area (Å²) in [6.45, 7) is 4.80. The SMILES string of the molecule is CCCCC/C=C\C/C=C\CCCCCCCC(=O)OC[C@H](COP(=O)(O)OC[C@@H](O)COP(=O)(O)OC[C@@H](COC(=O)CCCCCCC/C=C\C/C=C\CCCCC)OC(=O)CCCCCCC/C=C\CCCCCCCC)OC(=O)CCCCCCC/C=C\CCCCCC. The van der Waals surface area contributed by atoms with Crippen molar-refractivity contribution in [2.75, 3.05) is 39.6 Å². The quantitative estimate of drug-likeness (QED) is 0.0169. The number of ether oxygens (including phenoxy) is 4. The lowest BCUT2D eigenvalue weighted by molar-refractivity contribution is -0.161. The van der Waals surface area contributed by atoms with Gasteiger partial charge in [0.1, 0.15) is 19.3 Å². The molecule has 570 valence electrons. The number of unbranched alkanes of at least 4 members (excludes halogenated alkanes) is 36. The van der Waals surface area contributed by atoms with Crippen LogP contribution in [-0.2, 0) is 65.4 Å². The van der Waals surface area contributed by atoms with Crippen LogP contribution in [0.2, 0.25) is 0 Å². The first kappa shape index (κ1) is 94.5. The molecule has 0 aliphatic heterocycles. The van der Waals surface area contributed by atoms with Gasteiger partial charge in [0.05, 0.1) is 26.4 Å². The molecule has 0 aromatic rings. The van der Waals surface area contributed by atoms with Crippen molar-refractivity contribution in [3.63, 3.8) is 0 Å². The molecule has 98 heavy (non-hydrogen) atoms. The number of hydrogen-bond donors (Lipinski definition) is 3. The number of carbonyl (C=O) groups excluding carboxylic acids is 4. The first-order valence-electron chi connectivity index (χ1n) is 39.2. The van der Waals surface area contributed by atoms with Crippen LogP contribution >= 0.6 is 15.6 Å². The Kier molecular flexibility index (Phi) is 69.3. The second-order valence-corrected chi connectivity index (χ2v) is 29.2. The second kappa shape index (κ2) is 71.9. The molecule has 0 spiro atoms. The zero-order valence-electron chi connectivity index (χ0n) is 62.2. The Morgan fingerprint density at radius 2 is 0.500 bits per heavy atom. The third-order valence-electron chi connectivity index (χ3n) is 16.6. The fraction of sp³-hybridized carbons (Fsp3) is 0.797. The highest BCUT2D eigenvalue weighted by Crippen LogP contribution is 2.45. The number of carbonyl (C=O) groups is 4. The van der Waals surface area contributed by atoms with Gasteiger partial charge in [0.25, 0.3) is 0 Å². The number of phosphoric acid groups is 2. The molecule has 17 nitrogen and oxygen atoms in total. The Bertz CT molecular complexity index is 2140. The summed E-state index contributed by atoms with van der Waals surface area (Å²) in [4.78, 5) is 72.9. The van der Waals surface area contributed by atoms with Crippen molar-refractivity contribution in [2.24, 2.45) is 0 Å². The lowest BCUT2D eigenvalue weighted by Gasteiger charge is -2.21. The van der Waals surface area contributed by atoms with Gasteiger partial charge < -0.3 is 33.8 Å². The molecule has 0 aromatic heterocycles. The van der Waals surface area contributed by atoms with E-state index in [0.29, 0.717) is 25.7 Å². The maximum Gasteiger partial charge on any atom is 0.472 e. The average molecular weight is 1430 g/mol. The molecule has 19 heteroatoms. The maximum absolute atomic E-state index is 13.1. The van der Waals surface area contributed by atoms with Crippen molar-refractivity contribution in [3.05, 3.63) is 72.9 Å². The van der Waals surface area contributed by atoms with E-state index in [1.165, 1.54) is 103 Å². The predicted octanol–water partition coefficient (Wildman–Crippen LogP) is 22.4. The zero-order valence-corrected chi connectivity index (χ0v) is 64.0. The van der Waals surface area contributed by atoms with Gasteiger partial charge in [0.15, 0.2) is 12.2 Å². The number of esters is 4. The van der Waals surface area contributed by atoms with E-state index in [1.807, 2.05) is 0 Å². The van der Waals surface area contributed by atoms with E-state index >= 15 is 0 Å². The smallest absolute Gasteiger partial charge is 0.462 e. The number of hydrogen-bond acceptors (Lipinski definition) is 15. The van der Waals surface area contributed by atoms with Crippen LogP contribution in [-0.4, -0.2) is 96.7 Å². The highest BCUT2D eigenvalue weighted by Gasteiger charge is 2.30. The fourth-order valence-corrected chi connectivity index (χ4v) is 12.1. The second-order valence-electron chi connectivity index (χ2n) is 26.3. The number of allylic oxidation sites excluding steroid dienone is 12. The number of rotatable bonds is 74. The summed E-state index contributed by atoms with van der Waals surface area (Å²) >= 11 is 0. The molecular weight excluding hydrogens is 1280 g/mol. The third-order valence-corrected chi connectivity index (χ3v) is 18.5. The van der Waals surface area contributed by atoms with Gasteiger partial charge in [-0.15, -0.1) is 0 Å². The van der Waals surface area contributed by atoms with Crippen molar-refractivity contribution in [2.45, 2.75) is 367 Å². The maximum atomic E-state index is 13.1. The standard InChI is InChI=1S/C79H142O17P2/c1-5-9-13-17-21-25-29-33-36-40-43-47-51-55-59-63-76(81)89-69-74(95-78(83)65-61-57-53-49-45-39-32-28-24-20-16-12-8-4)71-93-97(85,86)91-67-73(80)68-92-98(87,88)94-72-75(96-79(84)66-62-58-54-50-46-42-38-35-31-27-23-19-15-11-7-3)70-90-77(82)64-60-56-52-48-44-41-37-34-30-26-22-18-14-10-6-2/h21-22,25-26,28,32-38,73-75,80H,5-20,23-24,27,29-31,39-72H2,1-4H3,(H,85,86)(H,87,88)/b25-21-,26-22-,32-28-,36-33-,37-34-,38-35-/t73-,74-,75-/m1/s1. The summed E-state index contributed by atoms with van der Waals surface area (Å²) in [5.41, 5.74) is 0. The molecule has 0 fully saturated rings. The molecule has 0 rings (SSSR count). The molecule has 0 saturated heterocycles. The van der Waals surface area contributed by atoms with Crippen molar-refractivity contribution in [3.8, 4) is 0 Å². The summed E-state index contributed by atoms with van der Waals surface area (Å²) in [6.07, 6.45) is 71.6. The zero-order chi connectivity index (χ0) is 71.8. The highest BCUT2D eigenvalue weighted by atomic mass is 31.2. The molecular formula is C79H142O17P2. The van der Waals surface area contributed by atoms with Crippen molar-refractivity contribution in [1.82, 2.24) is 0 Å². The molecule has 0 bridgehead atoms. The van der Waals surface area contributed by atoms with Crippen LogP contribution in [0, 0.1) is 0 Å². The summed E-state index contributed by atoms with van der Waals surface area (Å²) < 4.78 is 68.5. The lowest BCUT2D eigenvalue weighted by Crippen LogP contribution is -2.30. The molecule has 0 saturated carbocycles. The van der Waals surface area contributed by atoms with Crippen LogP contribution in [0.4, 0.5) is 0 Å². The van der Waals surface area contributed by atoms with E-state index in [0.717, 1.165) is 167 Å². The molecule has 3 N–H and O–H groups in total. The molecule has 0 aliphatic carbocycles. The minimum Gasteiger partial charge on any atom is -0.462 e. The summed E-state index contributed by atoms with van der Waals surface area (Å²) in [5, 5.41) is 10.6. The van der Waals surface area contributed by atoms with E-state index in [9.17, 15) is 43.2 Å². The highest BCUT2D eigenvalue weighted by molar-refractivity contribution is 7.47. The van der Waals surface area contributed by atoms with Crippen LogP contribution in [0.25, 0.3) is 0 Å². The summed E-state index contributed by atoms with van der Waals surface area (Å²) in [5.74, 6) is -2.20. The van der Waals surface area contributed by atoms with E-state index in [4.69, 9.17) is 37.0 Å². The fourth-order valence-electron chi connectivity index (χ4n) is 10.6. The molecule has 0 aromatic carbocycles. The molecule has 0 aliphatic rings. The molecule has 2 unspecified atom stereocenters. The number of aliphatic hydroxyl groups is 1. The van der Waals surface area contributed by atoms with Gasteiger partial charge in [0, 0.05) is 25.7 Å². The van der Waals surface area contributed by atoms with Crippen molar-refractivity contribution < 1.29 is 80.2 Å². The topological polar surface area (TPSA) is 237 Å². The Morgan fingerprint density at radius 3 is 0.796 bits per heavy atom. The van der Waals surface area contributed by atoms with Gasteiger partial charge in [-0.25, -0.2) is 9.13 Å².